The summed E-state index contributed by atoms with van der Waals surface area (Å²) in [6, 6.07) is 7.86. The van der Waals surface area contributed by atoms with Crippen LogP contribution in [0.3, 0.4) is 0 Å². The first-order valence-corrected chi connectivity index (χ1v) is 11.5. The fourth-order valence-electron chi connectivity index (χ4n) is 5.24. The second-order valence-electron chi connectivity index (χ2n) is 8.58. The molecule has 2 fully saturated rings. The van der Waals surface area contributed by atoms with Gasteiger partial charge in [0.05, 0.1) is 11.5 Å². The lowest BCUT2D eigenvalue weighted by atomic mass is 9.70. The first-order chi connectivity index (χ1) is 13.0. The summed E-state index contributed by atoms with van der Waals surface area (Å²) in [6.45, 7) is 6.71. The van der Waals surface area contributed by atoms with E-state index in [2.05, 4.69) is 23.6 Å². The van der Waals surface area contributed by atoms with Crippen molar-refractivity contribution in [2.24, 2.45) is 5.92 Å². The van der Waals surface area contributed by atoms with Gasteiger partial charge in [-0.15, -0.1) is 0 Å². The summed E-state index contributed by atoms with van der Waals surface area (Å²) >= 11 is 1.92. The molecule has 1 atom stereocenters. The SMILES string of the molecule is CC(C)CN1C(=O)c2ccccc2C(C(=O)N2CCSCC2)C12CCCC2. The molecule has 1 saturated heterocycles. The van der Waals surface area contributed by atoms with Crippen molar-refractivity contribution < 1.29 is 9.59 Å². The van der Waals surface area contributed by atoms with E-state index in [0.29, 0.717) is 5.92 Å². The predicted octanol–water partition coefficient (Wildman–Crippen LogP) is 3.77. The molecule has 0 radical (unpaired) electrons. The summed E-state index contributed by atoms with van der Waals surface area (Å²) in [4.78, 5) is 31.4. The number of thioether (sulfide) groups is 1. The van der Waals surface area contributed by atoms with Crippen molar-refractivity contribution in [3.05, 3.63) is 35.4 Å². The third kappa shape index (κ3) is 3.18. The van der Waals surface area contributed by atoms with Gasteiger partial charge in [-0.05, 0) is 30.4 Å². The molecule has 4 rings (SSSR count). The molecule has 4 nitrogen and oxygen atoms in total. The number of amides is 2. The van der Waals surface area contributed by atoms with E-state index < -0.39 is 0 Å². The summed E-state index contributed by atoms with van der Waals surface area (Å²) in [5.74, 6) is 2.57. The Morgan fingerprint density at radius 3 is 2.52 bits per heavy atom. The van der Waals surface area contributed by atoms with E-state index in [4.69, 9.17) is 0 Å². The first-order valence-electron chi connectivity index (χ1n) is 10.3. The molecule has 1 spiro atoms. The highest BCUT2D eigenvalue weighted by Gasteiger charge is 2.56. The number of nitrogens with zero attached hydrogens (tertiary/aromatic N) is 2. The Morgan fingerprint density at radius 1 is 1.19 bits per heavy atom. The number of rotatable bonds is 3. The zero-order valence-corrected chi connectivity index (χ0v) is 17.3. The smallest absolute Gasteiger partial charge is 0.254 e. The minimum Gasteiger partial charge on any atom is -0.340 e. The Morgan fingerprint density at radius 2 is 1.85 bits per heavy atom. The van der Waals surface area contributed by atoms with Crippen LogP contribution in [-0.4, -0.2) is 58.3 Å². The quantitative estimate of drug-likeness (QED) is 0.794. The summed E-state index contributed by atoms with van der Waals surface area (Å²) in [5.41, 5.74) is 1.37. The molecule has 2 amide bonds. The zero-order chi connectivity index (χ0) is 19.0. The van der Waals surface area contributed by atoms with Crippen molar-refractivity contribution in [3.8, 4) is 0 Å². The van der Waals surface area contributed by atoms with Gasteiger partial charge >= 0.3 is 0 Å². The van der Waals surface area contributed by atoms with Crippen molar-refractivity contribution in [1.29, 1.82) is 0 Å². The zero-order valence-electron chi connectivity index (χ0n) is 16.4. The van der Waals surface area contributed by atoms with E-state index in [-0.39, 0.29) is 23.3 Å². The topological polar surface area (TPSA) is 40.6 Å². The highest BCUT2D eigenvalue weighted by Crippen LogP contribution is 2.51. The van der Waals surface area contributed by atoms with Gasteiger partial charge in [0.25, 0.3) is 5.91 Å². The van der Waals surface area contributed by atoms with E-state index >= 15 is 0 Å². The van der Waals surface area contributed by atoms with Crippen molar-refractivity contribution in [2.75, 3.05) is 31.1 Å². The predicted molar refractivity (Wildman–Crippen MR) is 110 cm³/mol. The number of fused-ring (bicyclic) bond motifs is 1. The molecule has 1 aromatic rings. The molecular weight excluding hydrogens is 356 g/mol. The molecule has 0 aromatic heterocycles. The molecule has 27 heavy (non-hydrogen) atoms. The first kappa shape index (κ1) is 18.9. The molecule has 0 bridgehead atoms. The Labute approximate surface area is 166 Å². The lowest BCUT2D eigenvalue weighted by molar-refractivity contribution is -0.136. The standard InChI is InChI=1S/C22H30N2O2S/c1-16(2)15-24-20(25)18-8-4-3-7-17(18)19(22(24)9-5-6-10-22)21(26)23-11-13-27-14-12-23/h3-4,7-8,16,19H,5-6,9-15H2,1-2H3. The fourth-order valence-corrected chi connectivity index (χ4v) is 6.14. The number of benzene rings is 1. The third-order valence-corrected chi connectivity index (χ3v) is 7.35. The van der Waals surface area contributed by atoms with E-state index in [9.17, 15) is 9.59 Å². The van der Waals surface area contributed by atoms with Gasteiger partial charge in [-0.3, -0.25) is 9.59 Å². The summed E-state index contributed by atoms with van der Waals surface area (Å²) < 4.78 is 0. The van der Waals surface area contributed by atoms with E-state index in [0.717, 1.165) is 68.0 Å². The molecule has 2 aliphatic heterocycles. The maximum atomic E-state index is 13.8. The van der Waals surface area contributed by atoms with E-state index in [1.165, 1.54) is 0 Å². The van der Waals surface area contributed by atoms with Gasteiger partial charge in [0.2, 0.25) is 5.91 Å². The highest BCUT2D eigenvalue weighted by atomic mass is 32.2. The average molecular weight is 387 g/mol. The van der Waals surface area contributed by atoms with Crippen LogP contribution in [-0.2, 0) is 4.79 Å². The van der Waals surface area contributed by atoms with Gasteiger partial charge < -0.3 is 9.80 Å². The molecule has 1 aromatic carbocycles. The van der Waals surface area contributed by atoms with Gasteiger partial charge in [0.15, 0.2) is 0 Å². The Bertz CT molecular complexity index is 721. The van der Waals surface area contributed by atoms with Crippen molar-refractivity contribution >= 4 is 23.6 Å². The Hall–Kier alpha value is -1.49. The van der Waals surface area contributed by atoms with Crippen molar-refractivity contribution in [3.63, 3.8) is 0 Å². The van der Waals surface area contributed by atoms with Crippen LogP contribution in [0.15, 0.2) is 24.3 Å². The second kappa shape index (κ2) is 7.50. The van der Waals surface area contributed by atoms with Crippen LogP contribution >= 0.6 is 11.8 Å². The number of hydrogen-bond acceptors (Lipinski definition) is 3. The van der Waals surface area contributed by atoms with Crippen LogP contribution in [0, 0.1) is 5.92 Å². The van der Waals surface area contributed by atoms with Gasteiger partial charge in [0, 0.05) is 36.7 Å². The van der Waals surface area contributed by atoms with Gasteiger partial charge in [-0.2, -0.15) is 11.8 Å². The molecule has 1 saturated carbocycles. The van der Waals surface area contributed by atoms with Gasteiger partial charge in [-0.1, -0.05) is 44.9 Å². The summed E-state index contributed by atoms with van der Waals surface area (Å²) in [6.07, 6.45) is 4.09. The number of carbonyl (C=O) groups excluding carboxylic acids is 2. The lowest BCUT2D eigenvalue weighted by Gasteiger charge is -2.51. The molecular formula is C22H30N2O2S. The van der Waals surface area contributed by atoms with Crippen LogP contribution in [0.4, 0.5) is 0 Å². The van der Waals surface area contributed by atoms with E-state index in [1.807, 2.05) is 36.0 Å². The van der Waals surface area contributed by atoms with Crippen LogP contribution in [0.25, 0.3) is 0 Å². The van der Waals surface area contributed by atoms with Crippen LogP contribution in [0.2, 0.25) is 0 Å². The van der Waals surface area contributed by atoms with Crippen LogP contribution in [0.5, 0.6) is 0 Å². The molecule has 2 heterocycles. The van der Waals surface area contributed by atoms with Gasteiger partial charge in [0.1, 0.15) is 0 Å². The maximum absolute atomic E-state index is 13.8. The van der Waals surface area contributed by atoms with Gasteiger partial charge in [-0.25, -0.2) is 0 Å². The molecule has 146 valence electrons. The fraction of sp³-hybridized carbons (Fsp3) is 0.636. The molecule has 1 unspecified atom stereocenters. The molecule has 3 aliphatic rings. The lowest BCUT2D eigenvalue weighted by Crippen LogP contribution is -2.62. The van der Waals surface area contributed by atoms with Crippen molar-refractivity contribution in [2.45, 2.75) is 51.0 Å². The largest absolute Gasteiger partial charge is 0.340 e. The summed E-state index contributed by atoms with van der Waals surface area (Å²) in [7, 11) is 0. The highest BCUT2D eigenvalue weighted by molar-refractivity contribution is 7.99. The monoisotopic (exact) mass is 386 g/mol. The minimum absolute atomic E-state index is 0.124. The van der Waals surface area contributed by atoms with Crippen LogP contribution in [0.1, 0.15) is 61.4 Å². The summed E-state index contributed by atoms with van der Waals surface area (Å²) in [5, 5.41) is 0. The second-order valence-corrected chi connectivity index (χ2v) is 9.80. The molecule has 1 aliphatic carbocycles. The van der Waals surface area contributed by atoms with Crippen molar-refractivity contribution in [1.82, 2.24) is 9.80 Å². The average Bonchev–Trinajstić information content (AvgIpc) is 3.16. The Balaban J connectivity index is 1.83. The van der Waals surface area contributed by atoms with Crippen LogP contribution < -0.4 is 0 Å². The minimum atomic E-state index is -0.336. The number of carbonyl (C=O) groups is 2. The Kier molecular flexibility index (Phi) is 5.23. The maximum Gasteiger partial charge on any atom is 0.254 e. The third-order valence-electron chi connectivity index (χ3n) is 6.41. The molecule has 5 heteroatoms. The molecule has 0 N–H and O–H groups in total. The normalized spacial score (nSPS) is 24.6. The van der Waals surface area contributed by atoms with E-state index in [1.54, 1.807) is 0 Å². The number of hydrogen-bond donors (Lipinski definition) is 0.